The molecule has 1 aliphatic heterocycles. The summed E-state index contributed by atoms with van der Waals surface area (Å²) in [6.07, 6.45) is 0.253. The maximum atomic E-state index is 14.6. The Kier molecular flexibility index (Phi) is 6.74. The van der Waals surface area contributed by atoms with Crippen LogP contribution >= 0.6 is 0 Å². The molecule has 0 fully saturated rings. The Morgan fingerprint density at radius 1 is 0.878 bits per heavy atom. The van der Waals surface area contributed by atoms with E-state index in [0.29, 0.717) is 5.56 Å². The van der Waals surface area contributed by atoms with Gasteiger partial charge in [0.25, 0.3) is 5.91 Å². The smallest absolute Gasteiger partial charge is 0.421 e. The average Bonchev–Trinajstić information content (AvgIpc) is 3.40. The lowest BCUT2D eigenvalue weighted by atomic mass is 9.72. The zero-order valence-electron chi connectivity index (χ0n) is 23.3. The normalized spacial score (nSPS) is 18.4. The summed E-state index contributed by atoms with van der Waals surface area (Å²) in [4.78, 5) is 42.1. The maximum absolute atomic E-state index is 14.6. The average molecular weight is 572 g/mol. The number of carbonyl (C=O) groups is 3. The third kappa shape index (κ3) is 4.37. The monoisotopic (exact) mass is 571 g/mol. The molecule has 3 aromatic carbocycles. The van der Waals surface area contributed by atoms with E-state index >= 15 is 0 Å². The van der Waals surface area contributed by atoms with Crippen molar-refractivity contribution in [1.82, 2.24) is 0 Å². The molecule has 1 aliphatic carbocycles. The van der Waals surface area contributed by atoms with E-state index in [0.717, 1.165) is 17.6 Å². The molecule has 5 rings (SSSR count). The summed E-state index contributed by atoms with van der Waals surface area (Å²) in [7, 11) is -3.02. The summed E-state index contributed by atoms with van der Waals surface area (Å²) in [6.45, 7) is 6.51. The Morgan fingerprint density at radius 2 is 1.49 bits per heavy atom. The Hall–Kier alpha value is -4.50. The van der Waals surface area contributed by atoms with Crippen LogP contribution in [-0.4, -0.2) is 39.1 Å². The quantitative estimate of drug-likeness (QED) is 0.368. The third-order valence-electron chi connectivity index (χ3n) is 7.21. The number of ether oxygens (including phenoxy) is 2. The Labute approximate surface area is 238 Å². The van der Waals surface area contributed by atoms with Crippen molar-refractivity contribution in [2.75, 3.05) is 12.0 Å². The molecule has 1 heterocycles. The number of carbonyl (C=O) groups excluding carboxylic acids is 3. The predicted molar refractivity (Wildman–Crippen MR) is 154 cm³/mol. The molecule has 0 aromatic heterocycles. The van der Waals surface area contributed by atoms with Gasteiger partial charge in [-0.2, -0.15) is 0 Å². The predicted octanol–water partition coefficient (Wildman–Crippen LogP) is 5.73. The molecule has 1 atom stereocenters. The van der Waals surface area contributed by atoms with Gasteiger partial charge in [0.2, 0.25) is 9.84 Å². The van der Waals surface area contributed by atoms with Gasteiger partial charge in [0.05, 0.1) is 28.2 Å². The van der Waals surface area contributed by atoms with E-state index in [9.17, 15) is 22.8 Å². The van der Waals surface area contributed by atoms with Crippen LogP contribution in [0.3, 0.4) is 0 Å². The minimum atomic E-state index is -4.17. The fourth-order valence-electron chi connectivity index (χ4n) is 5.41. The zero-order chi connectivity index (χ0) is 29.7. The van der Waals surface area contributed by atoms with Gasteiger partial charge in [-0.25, -0.2) is 22.9 Å². The molecular weight excluding hydrogens is 542 g/mol. The van der Waals surface area contributed by atoms with E-state index in [2.05, 4.69) is 0 Å². The number of benzene rings is 3. The molecule has 0 N–H and O–H groups in total. The second kappa shape index (κ2) is 9.85. The maximum Gasteiger partial charge on any atom is 0.421 e. The second-order valence-electron chi connectivity index (χ2n) is 10.8. The number of amides is 2. The first-order valence-corrected chi connectivity index (χ1v) is 14.4. The molecule has 2 aliphatic rings. The number of hydrogen-bond donors (Lipinski definition) is 0. The van der Waals surface area contributed by atoms with Crippen molar-refractivity contribution < 1.29 is 32.3 Å². The molecule has 3 aromatic rings. The number of esters is 1. The molecular formula is C32H29NO7S. The van der Waals surface area contributed by atoms with Gasteiger partial charge in [0, 0.05) is 5.56 Å². The largest absolute Gasteiger partial charge is 0.466 e. The molecule has 0 radical (unpaired) electrons. The van der Waals surface area contributed by atoms with Gasteiger partial charge in [-0.1, -0.05) is 54.6 Å². The van der Waals surface area contributed by atoms with E-state index in [1.54, 1.807) is 57.2 Å². The van der Waals surface area contributed by atoms with Gasteiger partial charge >= 0.3 is 12.1 Å². The van der Waals surface area contributed by atoms with Crippen molar-refractivity contribution in [3.8, 4) is 11.1 Å². The highest BCUT2D eigenvalue weighted by Gasteiger charge is 2.62. The Bertz CT molecular complexity index is 1750. The molecule has 41 heavy (non-hydrogen) atoms. The van der Waals surface area contributed by atoms with Crippen LogP contribution in [0.15, 0.2) is 106 Å². The van der Waals surface area contributed by atoms with Crippen molar-refractivity contribution in [2.45, 2.75) is 43.6 Å². The number of imide groups is 1. The van der Waals surface area contributed by atoms with Gasteiger partial charge in [0.15, 0.2) is 0 Å². The molecule has 9 heteroatoms. The van der Waals surface area contributed by atoms with Gasteiger partial charge in [0.1, 0.15) is 11.0 Å². The van der Waals surface area contributed by atoms with Crippen LogP contribution < -0.4 is 4.90 Å². The molecule has 8 nitrogen and oxygen atoms in total. The molecule has 210 valence electrons. The van der Waals surface area contributed by atoms with E-state index in [4.69, 9.17) is 9.47 Å². The first-order valence-electron chi connectivity index (χ1n) is 12.9. The summed E-state index contributed by atoms with van der Waals surface area (Å²) in [5.41, 5.74) is -0.979. The number of methoxy groups -OCH3 is 1. The zero-order valence-corrected chi connectivity index (χ0v) is 24.1. The van der Waals surface area contributed by atoms with Crippen molar-refractivity contribution in [2.24, 2.45) is 0 Å². The van der Waals surface area contributed by atoms with Gasteiger partial charge in [-0.3, -0.25) is 4.79 Å². The minimum absolute atomic E-state index is 0.000398. The molecule has 0 bridgehead atoms. The molecule has 2 amide bonds. The van der Waals surface area contributed by atoms with Crippen LogP contribution in [0.2, 0.25) is 0 Å². The number of nitrogens with zero attached hydrogens (tertiary/aromatic N) is 1. The van der Waals surface area contributed by atoms with Crippen LogP contribution in [0.4, 0.5) is 10.5 Å². The third-order valence-corrected chi connectivity index (χ3v) is 9.10. The van der Waals surface area contributed by atoms with E-state index in [1.807, 2.05) is 30.3 Å². The standard InChI is InChI=1S/C32H29NO7S/c1-20-27(41(37,38)23-14-10-7-11-15-23)19-25(28(34)39-5)32(20)24-18-22(21-12-8-6-9-13-21)16-17-26(24)33(29(32)35)30(36)40-31(2,3)4/h6-19H,1-5H3/t32-/m1/s1. The number of sulfone groups is 1. The summed E-state index contributed by atoms with van der Waals surface area (Å²) < 4.78 is 38.4. The SMILES string of the molecule is COC(=O)C1=CC(S(=O)(=O)c2ccccc2)=C(C)[C@]12C(=O)N(C(=O)OC(C)(C)C)c1ccc(-c3ccccc3)cc12. The number of rotatable bonds is 4. The molecule has 0 saturated heterocycles. The van der Waals surface area contributed by atoms with Crippen molar-refractivity contribution in [3.05, 3.63) is 107 Å². The van der Waals surface area contributed by atoms with Crippen molar-refractivity contribution in [3.63, 3.8) is 0 Å². The van der Waals surface area contributed by atoms with E-state index in [1.165, 1.54) is 25.1 Å². The molecule has 0 unspecified atom stereocenters. The summed E-state index contributed by atoms with van der Waals surface area (Å²) >= 11 is 0. The van der Waals surface area contributed by atoms with Crippen molar-refractivity contribution in [1.29, 1.82) is 0 Å². The van der Waals surface area contributed by atoms with Crippen LogP contribution in [0.1, 0.15) is 33.3 Å². The van der Waals surface area contributed by atoms with Crippen LogP contribution in [0.25, 0.3) is 11.1 Å². The second-order valence-corrected chi connectivity index (χ2v) is 12.7. The number of anilines is 1. The number of fused-ring (bicyclic) bond motifs is 2. The molecule has 1 spiro atoms. The topological polar surface area (TPSA) is 107 Å². The van der Waals surface area contributed by atoms with Gasteiger partial charge in [-0.05, 0) is 74.7 Å². The van der Waals surface area contributed by atoms with Crippen LogP contribution in [0, 0.1) is 0 Å². The van der Waals surface area contributed by atoms with Gasteiger partial charge < -0.3 is 9.47 Å². The van der Waals surface area contributed by atoms with Crippen molar-refractivity contribution >= 4 is 33.5 Å². The Morgan fingerprint density at radius 3 is 2.07 bits per heavy atom. The first-order chi connectivity index (χ1) is 19.3. The van der Waals surface area contributed by atoms with Gasteiger partial charge in [-0.15, -0.1) is 0 Å². The molecule has 0 saturated carbocycles. The first kappa shape index (κ1) is 28.0. The van der Waals surface area contributed by atoms with Crippen LogP contribution in [0.5, 0.6) is 0 Å². The summed E-state index contributed by atoms with van der Waals surface area (Å²) in [5, 5.41) is 0. The highest BCUT2D eigenvalue weighted by molar-refractivity contribution is 7.95. The Balaban J connectivity index is 1.84. The van der Waals surface area contributed by atoms with E-state index < -0.39 is 38.8 Å². The fraction of sp³-hybridized carbons (Fsp3) is 0.219. The lowest BCUT2D eigenvalue weighted by Crippen LogP contribution is -2.47. The van der Waals surface area contributed by atoms with Crippen LogP contribution in [-0.2, 0) is 34.3 Å². The fourth-order valence-corrected chi connectivity index (χ4v) is 7.01. The summed E-state index contributed by atoms with van der Waals surface area (Å²) in [6, 6.07) is 22.2. The lowest BCUT2D eigenvalue weighted by Gasteiger charge is -2.29. The minimum Gasteiger partial charge on any atom is -0.466 e. The van der Waals surface area contributed by atoms with E-state index in [-0.39, 0.29) is 32.2 Å². The lowest BCUT2D eigenvalue weighted by molar-refractivity contribution is -0.138. The number of hydrogen-bond acceptors (Lipinski definition) is 7. The number of allylic oxidation sites excluding steroid dienone is 1. The highest BCUT2D eigenvalue weighted by Crippen LogP contribution is 2.57. The summed E-state index contributed by atoms with van der Waals surface area (Å²) in [5.74, 6) is -1.71. The highest BCUT2D eigenvalue weighted by atomic mass is 32.2.